The Labute approximate surface area is 124 Å². The van der Waals surface area contributed by atoms with Crippen molar-refractivity contribution in [2.24, 2.45) is 7.05 Å². The Kier molecular flexibility index (Phi) is 3.75. The van der Waals surface area contributed by atoms with Crippen molar-refractivity contribution in [3.05, 3.63) is 47.8 Å². The van der Waals surface area contributed by atoms with Crippen LogP contribution < -0.4 is 10.2 Å². The van der Waals surface area contributed by atoms with E-state index >= 15 is 0 Å². The number of carbonyl (C=O) groups is 1. The maximum Gasteiger partial charge on any atom is 0.278 e. The molecular weight excluding hydrogens is 264 g/mol. The van der Waals surface area contributed by atoms with Gasteiger partial charge in [0.2, 0.25) is 0 Å². The molecule has 1 aromatic carbocycles. The molecule has 0 fully saturated rings. The van der Waals surface area contributed by atoms with Gasteiger partial charge in [-0.15, -0.1) is 0 Å². The third-order valence-electron chi connectivity index (χ3n) is 4.00. The summed E-state index contributed by atoms with van der Waals surface area (Å²) in [6, 6.07) is 10.2. The van der Waals surface area contributed by atoms with Gasteiger partial charge in [0.1, 0.15) is 0 Å². The molecule has 1 atom stereocenters. The highest BCUT2D eigenvalue weighted by atomic mass is 16.2. The third kappa shape index (κ3) is 2.56. The fraction of sp³-hybridized carbons (Fsp3) is 0.375. The molecule has 1 N–H and O–H groups in total. The lowest BCUT2D eigenvalue weighted by atomic mass is 10.0. The number of carbonyl (C=O) groups excluding carboxylic acids is 1. The van der Waals surface area contributed by atoms with Crippen molar-refractivity contribution in [2.45, 2.75) is 18.9 Å². The first-order chi connectivity index (χ1) is 10.2. The number of benzene rings is 1. The number of nitrogens with one attached hydrogen (secondary N) is 1. The number of aromatic nitrogens is 2. The first-order valence-electron chi connectivity index (χ1n) is 7.28. The quantitative estimate of drug-likeness (QED) is 0.919. The Hall–Kier alpha value is -2.14. The van der Waals surface area contributed by atoms with E-state index in [9.17, 15) is 4.79 Å². The zero-order valence-corrected chi connectivity index (χ0v) is 12.4. The molecule has 1 aromatic heterocycles. The first-order valence-corrected chi connectivity index (χ1v) is 7.28. The van der Waals surface area contributed by atoms with Gasteiger partial charge in [-0.1, -0.05) is 18.2 Å². The van der Waals surface area contributed by atoms with Crippen molar-refractivity contribution < 1.29 is 4.79 Å². The van der Waals surface area contributed by atoms with E-state index in [1.807, 2.05) is 37.2 Å². The summed E-state index contributed by atoms with van der Waals surface area (Å²) < 4.78 is 1.66. The number of para-hydroxylation sites is 1. The molecule has 1 unspecified atom stereocenters. The van der Waals surface area contributed by atoms with E-state index in [-0.39, 0.29) is 5.91 Å². The van der Waals surface area contributed by atoms with Gasteiger partial charge in [0.05, 0.1) is 0 Å². The van der Waals surface area contributed by atoms with Gasteiger partial charge < -0.3 is 10.2 Å². The van der Waals surface area contributed by atoms with E-state index in [1.165, 1.54) is 5.56 Å². The molecule has 0 bridgehead atoms. The molecule has 3 rings (SSSR count). The van der Waals surface area contributed by atoms with Crippen molar-refractivity contribution in [1.82, 2.24) is 15.1 Å². The van der Waals surface area contributed by atoms with Crippen molar-refractivity contribution in [3.63, 3.8) is 0 Å². The molecule has 0 spiro atoms. The van der Waals surface area contributed by atoms with Gasteiger partial charge in [-0.05, 0) is 37.6 Å². The summed E-state index contributed by atoms with van der Waals surface area (Å²) in [7, 11) is 3.79. The Morgan fingerprint density at radius 2 is 2.14 bits per heavy atom. The van der Waals surface area contributed by atoms with E-state index in [1.54, 1.807) is 16.9 Å². The smallest absolute Gasteiger partial charge is 0.278 e. The Bertz CT molecular complexity index is 649. The van der Waals surface area contributed by atoms with Crippen LogP contribution in [-0.4, -0.2) is 29.3 Å². The highest BCUT2D eigenvalue weighted by Crippen LogP contribution is 2.33. The minimum absolute atomic E-state index is 0.0280. The zero-order valence-electron chi connectivity index (χ0n) is 12.4. The molecule has 1 amide bonds. The number of fused-ring (bicyclic) bond motifs is 1. The average molecular weight is 284 g/mol. The number of hydrogen-bond donors (Lipinski definition) is 1. The minimum atomic E-state index is -0.0280. The molecule has 0 aliphatic carbocycles. The predicted molar refractivity (Wildman–Crippen MR) is 82.4 cm³/mol. The van der Waals surface area contributed by atoms with Gasteiger partial charge in [0.15, 0.2) is 5.69 Å². The molecule has 2 aromatic rings. The van der Waals surface area contributed by atoms with Crippen molar-refractivity contribution >= 4 is 11.6 Å². The number of hydrogen-bond acceptors (Lipinski definition) is 3. The normalized spacial score (nSPS) is 18.2. The molecule has 5 heteroatoms. The van der Waals surface area contributed by atoms with Crippen LogP contribution in [0.5, 0.6) is 0 Å². The molecule has 21 heavy (non-hydrogen) atoms. The monoisotopic (exact) mass is 284 g/mol. The van der Waals surface area contributed by atoms with Gasteiger partial charge >= 0.3 is 0 Å². The lowest BCUT2D eigenvalue weighted by molar-refractivity contribution is 0.0981. The predicted octanol–water partition coefficient (Wildman–Crippen LogP) is 2.12. The average Bonchev–Trinajstić information content (AvgIpc) is 2.84. The van der Waals surface area contributed by atoms with E-state index in [0.717, 1.165) is 25.1 Å². The van der Waals surface area contributed by atoms with E-state index in [4.69, 9.17) is 0 Å². The van der Waals surface area contributed by atoms with Crippen molar-refractivity contribution in [3.8, 4) is 0 Å². The molecule has 110 valence electrons. The number of anilines is 1. The molecule has 0 radical (unpaired) electrons. The van der Waals surface area contributed by atoms with Gasteiger partial charge in [0, 0.05) is 31.5 Å². The fourth-order valence-electron chi connectivity index (χ4n) is 2.94. The number of aryl methyl sites for hydroxylation is 1. The summed E-state index contributed by atoms with van der Waals surface area (Å²) in [5.74, 6) is -0.0280. The summed E-state index contributed by atoms with van der Waals surface area (Å²) in [6.45, 7) is 0.727. The second-order valence-corrected chi connectivity index (χ2v) is 5.37. The van der Waals surface area contributed by atoms with Crippen LogP contribution in [-0.2, 0) is 7.05 Å². The van der Waals surface area contributed by atoms with E-state index in [2.05, 4.69) is 16.5 Å². The van der Waals surface area contributed by atoms with Crippen LogP contribution in [0.2, 0.25) is 0 Å². The lowest BCUT2D eigenvalue weighted by Crippen LogP contribution is -2.32. The van der Waals surface area contributed by atoms with Crippen LogP contribution >= 0.6 is 0 Å². The molecular formula is C16H20N4O. The lowest BCUT2D eigenvalue weighted by Gasteiger charge is -2.23. The Balaban J connectivity index is 2.00. The fourth-order valence-corrected chi connectivity index (χ4v) is 2.94. The number of rotatable bonds is 2. The van der Waals surface area contributed by atoms with Crippen molar-refractivity contribution in [1.29, 1.82) is 0 Å². The van der Waals surface area contributed by atoms with Crippen LogP contribution in [0, 0.1) is 0 Å². The topological polar surface area (TPSA) is 50.2 Å². The van der Waals surface area contributed by atoms with Gasteiger partial charge in [-0.2, -0.15) is 5.10 Å². The summed E-state index contributed by atoms with van der Waals surface area (Å²) >= 11 is 0. The number of nitrogens with zero attached hydrogens (tertiary/aromatic N) is 3. The maximum atomic E-state index is 12.8. The second-order valence-electron chi connectivity index (χ2n) is 5.37. The molecule has 0 saturated heterocycles. The van der Waals surface area contributed by atoms with Gasteiger partial charge in [0.25, 0.3) is 5.91 Å². The van der Waals surface area contributed by atoms with E-state index in [0.29, 0.717) is 11.7 Å². The summed E-state index contributed by atoms with van der Waals surface area (Å²) in [4.78, 5) is 14.6. The molecule has 5 nitrogen and oxygen atoms in total. The third-order valence-corrected chi connectivity index (χ3v) is 4.00. The maximum absolute atomic E-state index is 12.8. The molecule has 2 heterocycles. The first kappa shape index (κ1) is 13.8. The zero-order chi connectivity index (χ0) is 14.8. The summed E-state index contributed by atoms with van der Waals surface area (Å²) in [5.41, 5.74) is 2.67. The highest BCUT2D eigenvalue weighted by Gasteiger charge is 2.27. The van der Waals surface area contributed by atoms with E-state index < -0.39 is 0 Å². The summed E-state index contributed by atoms with van der Waals surface area (Å²) in [6.07, 6.45) is 3.80. The van der Waals surface area contributed by atoms with Crippen LogP contribution in [0.1, 0.15) is 34.9 Å². The summed E-state index contributed by atoms with van der Waals surface area (Å²) in [5, 5.41) is 7.58. The minimum Gasteiger partial charge on any atom is -0.313 e. The van der Waals surface area contributed by atoms with Crippen LogP contribution in [0.4, 0.5) is 5.69 Å². The van der Waals surface area contributed by atoms with Gasteiger partial charge in [-0.25, -0.2) is 0 Å². The van der Waals surface area contributed by atoms with Crippen LogP contribution in [0.25, 0.3) is 0 Å². The Morgan fingerprint density at radius 3 is 2.86 bits per heavy atom. The second kappa shape index (κ2) is 5.69. The van der Waals surface area contributed by atoms with Crippen molar-refractivity contribution in [2.75, 3.05) is 18.5 Å². The van der Waals surface area contributed by atoms with Crippen LogP contribution in [0.3, 0.4) is 0 Å². The Morgan fingerprint density at radius 1 is 1.33 bits per heavy atom. The van der Waals surface area contributed by atoms with Crippen LogP contribution in [0.15, 0.2) is 36.5 Å². The van der Waals surface area contributed by atoms with Gasteiger partial charge in [-0.3, -0.25) is 9.48 Å². The largest absolute Gasteiger partial charge is 0.313 e. The highest BCUT2D eigenvalue weighted by molar-refractivity contribution is 6.05. The molecule has 0 saturated carbocycles. The molecule has 1 aliphatic heterocycles. The SMILES string of the molecule is CNC1CCCN(C(=O)c2ccn(C)n2)c2ccccc21. The number of amides is 1. The standard InChI is InChI=1S/C16H20N4O/c1-17-13-7-5-10-20(15-8-4-3-6-12(13)15)16(21)14-9-11-19(2)18-14/h3-4,6,8-9,11,13,17H,5,7,10H2,1-2H3. The molecule has 1 aliphatic rings.